The normalized spacial score (nSPS) is 11.9. The largest absolute Gasteiger partial charge is 0.485 e. The number of hydrogen-bond donors (Lipinski definition) is 0. The topological polar surface area (TPSA) is 36.3 Å². The number of imidazole rings is 1. The van der Waals surface area contributed by atoms with Crippen LogP contribution in [0.3, 0.4) is 0 Å². The maximum atomic E-state index is 13.0. The molecular weight excluding hydrogens is 357 g/mol. The van der Waals surface area contributed by atoms with E-state index in [2.05, 4.69) is 4.98 Å². The van der Waals surface area contributed by atoms with Crippen LogP contribution in [0.1, 0.15) is 22.5 Å². The summed E-state index contributed by atoms with van der Waals surface area (Å²) in [4.78, 5) is 4.38. The van der Waals surface area contributed by atoms with Crippen molar-refractivity contribution in [2.45, 2.75) is 33.2 Å². The van der Waals surface area contributed by atoms with Gasteiger partial charge in [0.2, 0.25) is 0 Å². The van der Waals surface area contributed by atoms with E-state index < -0.39 is 11.7 Å². The van der Waals surface area contributed by atoms with Gasteiger partial charge in [-0.1, -0.05) is 17.7 Å². The molecule has 0 unspecified atom stereocenters. The van der Waals surface area contributed by atoms with Gasteiger partial charge in [0.15, 0.2) is 0 Å². The van der Waals surface area contributed by atoms with E-state index in [9.17, 15) is 13.2 Å². The molecule has 0 spiro atoms. The summed E-state index contributed by atoms with van der Waals surface area (Å²) in [5.41, 5.74) is 2.33. The predicted molar refractivity (Wildman–Crippen MR) is 96.9 cm³/mol. The van der Waals surface area contributed by atoms with Crippen molar-refractivity contribution in [2.75, 3.05) is 13.7 Å². The van der Waals surface area contributed by atoms with Crippen LogP contribution >= 0.6 is 0 Å². The third-order valence-corrected chi connectivity index (χ3v) is 4.36. The minimum atomic E-state index is -4.40. The van der Waals surface area contributed by atoms with E-state index in [1.807, 2.05) is 36.6 Å². The fourth-order valence-electron chi connectivity index (χ4n) is 3.00. The highest BCUT2D eigenvalue weighted by Gasteiger charge is 2.31. The van der Waals surface area contributed by atoms with Gasteiger partial charge in [-0.3, -0.25) is 0 Å². The van der Waals surface area contributed by atoms with E-state index in [0.29, 0.717) is 30.0 Å². The molecule has 4 nitrogen and oxygen atoms in total. The van der Waals surface area contributed by atoms with E-state index in [-0.39, 0.29) is 6.61 Å². The van der Waals surface area contributed by atoms with Gasteiger partial charge in [-0.05, 0) is 43.7 Å². The summed E-state index contributed by atoms with van der Waals surface area (Å²) in [5, 5.41) is 0. The molecule has 0 atom stereocenters. The van der Waals surface area contributed by atoms with Crippen molar-refractivity contribution >= 4 is 11.0 Å². The van der Waals surface area contributed by atoms with Gasteiger partial charge < -0.3 is 14.0 Å². The van der Waals surface area contributed by atoms with Crippen molar-refractivity contribution in [2.24, 2.45) is 0 Å². The van der Waals surface area contributed by atoms with Crippen LogP contribution in [0.4, 0.5) is 13.2 Å². The van der Waals surface area contributed by atoms with Crippen LogP contribution < -0.4 is 4.74 Å². The quantitative estimate of drug-likeness (QED) is 0.612. The third kappa shape index (κ3) is 4.24. The SMILES string of the molecule is COCCn1c(COc2ccc(C)cc2C)nc2cc(C(F)(F)F)ccc21. The Kier molecular flexibility index (Phi) is 5.41. The average Bonchev–Trinajstić information content (AvgIpc) is 2.95. The smallest absolute Gasteiger partial charge is 0.416 e. The lowest BCUT2D eigenvalue weighted by atomic mass is 10.1. The third-order valence-electron chi connectivity index (χ3n) is 4.36. The molecule has 0 aliphatic carbocycles. The minimum absolute atomic E-state index is 0.156. The fourth-order valence-corrected chi connectivity index (χ4v) is 3.00. The zero-order valence-corrected chi connectivity index (χ0v) is 15.4. The molecular formula is C20H21F3N2O2. The number of rotatable bonds is 6. The van der Waals surface area contributed by atoms with Gasteiger partial charge in [-0.25, -0.2) is 4.98 Å². The first-order chi connectivity index (χ1) is 12.8. The van der Waals surface area contributed by atoms with Crippen LogP contribution in [0.5, 0.6) is 5.75 Å². The molecule has 0 aliphatic rings. The highest BCUT2D eigenvalue weighted by Crippen LogP contribution is 2.31. The standard InChI is InChI=1S/C20H21F3N2O2/c1-13-4-7-18(14(2)10-13)27-12-19-24-16-11-15(20(21,22)23)5-6-17(16)25(19)8-9-26-3/h4-7,10-11H,8-9,12H2,1-3H3. The lowest BCUT2D eigenvalue weighted by molar-refractivity contribution is -0.137. The molecule has 0 saturated heterocycles. The zero-order chi connectivity index (χ0) is 19.6. The van der Waals surface area contributed by atoms with Crippen LogP contribution in [0.2, 0.25) is 0 Å². The van der Waals surface area contributed by atoms with Crippen molar-refractivity contribution in [3.63, 3.8) is 0 Å². The van der Waals surface area contributed by atoms with Crippen molar-refractivity contribution in [3.05, 3.63) is 58.9 Å². The van der Waals surface area contributed by atoms with E-state index in [0.717, 1.165) is 29.0 Å². The summed E-state index contributed by atoms with van der Waals surface area (Å²) < 4.78 is 51.8. The van der Waals surface area contributed by atoms with Crippen LogP contribution in [0.25, 0.3) is 11.0 Å². The highest BCUT2D eigenvalue weighted by atomic mass is 19.4. The molecule has 1 heterocycles. The number of nitrogens with zero attached hydrogens (tertiary/aromatic N) is 2. The molecule has 144 valence electrons. The average molecular weight is 378 g/mol. The van der Waals surface area contributed by atoms with Gasteiger partial charge in [0.1, 0.15) is 18.2 Å². The summed E-state index contributed by atoms with van der Waals surface area (Å²) in [7, 11) is 1.58. The van der Waals surface area contributed by atoms with E-state index >= 15 is 0 Å². The van der Waals surface area contributed by atoms with Gasteiger partial charge >= 0.3 is 6.18 Å². The lowest BCUT2D eigenvalue weighted by Crippen LogP contribution is -2.11. The molecule has 0 saturated carbocycles. The summed E-state index contributed by atoms with van der Waals surface area (Å²) in [5.74, 6) is 1.28. The number of benzene rings is 2. The Morgan fingerprint density at radius 1 is 1.07 bits per heavy atom. The van der Waals surface area contributed by atoms with Crippen molar-refractivity contribution in [3.8, 4) is 5.75 Å². The summed E-state index contributed by atoms with van der Waals surface area (Å²) >= 11 is 0. The predicted octanol–water partition coefficient (Wildman–Crippen LogP) is 4.90. The van der Waals surface area contributed by atoms with Gasteiger partial charge in [0.25, 0.3) is 0 Å². The molecule has 0 bridgehead atoms. The number of ether oxygens (including phenoxy) is 2. The second-order valence-electron chi connectivity index (χ2n) is 6.43. The minimum Gasteiger partial charge on any atom is -0.485 e. The number of fused-ring (bicyclic) bond motifs is 1. The molecule has 2 aromatic carbocycles. The Morgan fingerprint density at radius 2 is 1.85 bits per heavy atom. The molecule has 0 N–H and O–H groups in total. The molecule has 3 aromatic rings. The lowest BCUT2D eigenvalue weighted by Gasteiger charge is -2.12. The summed E-state index contributed by atoms with van der Waals surface area (Å²) in [6.45, 7) is 5.00. The van der Waals surface area contributed by atoms with Crippen LogP contribution in [-0.2, 0) is 24.1 Å². The Bertz CT molecular complexity index is 948. The van der Waals surface area contributed by atoms with Crippen molar-refractivity contribution in [1.29, 1.82) is 0 Å². The first-order valence-corrected chi connectivity index (χ1v) is 8.55. The second kappa shape index (κ2) is 7.60. The Labute approximate surface area is 155 Å². The highest BCUT2D eigenvalue weighted by molar-refractivity contribution is 5.77. The molecule has 0 amide bonds. The summed E-state index contributed by atoms with van der Waals surface area (Å²) in [6, 6.07) is 9.43. The van der Waals surface area contributed by atoms with Gasteiger partial charge in [-0.15, -0.1) is 0 Å². The fraction of sp³-hybridized carbons (Fsp3) is 0.350. The van der Waals surface area contributed by atoms with E-state index in [4.69, 9.17) is 9.47 Å². The molecule has 27 heavy (non-hydrogen) atoms. The molecule has 7 heteroatoms. The molecule has 0 fully saturated rings. The van der Waals surface area contributed by atoms with Crippen LogP contribution in [0.15, 0.2) is 36.4 Å². The van der Waals surface area contributed by atoms with E-state index in [1.165, 1.54) is 6.07 Å². The number of alkyl halides is 3. The number of halogens is 3. The molecule has 0 radical (unpaired) electrons. The van der Waals surface area contributed by atoms with Gasteiger partial charge in [-0.2, -0.15) is 13.2 Å². The Morgan fingerprint density at radius 3 is 2.52 bits per heavy atom. The molecule has 0 aliphatic heterocycles. The molecule has 1 aromatic heterocycles. The van der Waals surface area contributed by atoms with Crippen molar-refractivity contribution in [1.82, 2.24) is 9.55 Å². The zero-order valence-electron chi connectivity index (χ0n) is 15.4. The number of methoxy groups -OCH3 is 1. The van der Waals surface area contributed by atoms with E-state index in [1.54, 1.807) is 7.11 Å². The maximum Gasteiger partial charge on any atom is 0.416 e. The number of hydrogen-bond acceptors (Lipinski definition) is 3. The Balaban J connectivity index is 1.94. The monoisotopic (exact) mass is 378 g/mol. The first-order valence-electron chi connectivity index (χ1n) is 8.55. The first kappa shape index (κ1) is 19.2. The Hall–Kier alpha value is -2.54. The van der Waals surface area contributed by atoms with Crippen LogP contribution in [0, 0.1) is 13.8 Å². The number of aromatic nitrogens is 2. The number of aryl methyl sites for hydroxylation is 2. The summed E-state index contributed by atoms with van der Waals surface area (Å²) in [6.07, 6.45) is -4.40. The maximum absolute atomic E-state index is 13.0. The second-order valence-corrected chi connectivity index (χ2v) is 6.43. The van der Waals surface area contributed by atoms with Crippen molar-refractivity contribution < 1.29 is 22.6 Å². The molecule has 3 rings (SSSR count). The van der Waals surface area contributed by atoms with Gasteiger partial charge in [0.05, 0.1) is 23.2 Å². The van der Waals surface area contributed by atoms with Crippen LogP contribution in [-0.4, -0.2) is 23.3 Å². The van der Waals surface area contributed by atoms with Gasteiger partial charge in [0, 0.05) is 13.7 Å².